The van der Waals surface area contributed by atoms with Crippen LogP contribution >= 0.6 is 0 Å². The van der Waals surface area contributed by atoms with Crippen molar-refractivity contribution >= 4 is 16.6 Å². The van der Waals surface area contributed by atoms with Crippen LogP contribution in [0.25, 0.3) is 0 Å². The molecular weight excluding hydrogens is 473 g/mol. The Hall–Kier alpha value is -1.63. The fourth-order valence-electron chi connectivity index (χ4n) is 6.15. The van der Waals surface area contributed by atoms with E-state index in [1.165, 1.54) is 11.1 Å². The Morgan fingerprint density at radius 3 is 1.69 bits per heavy atom. The molecule has 1 aliphatic carbocycles. The molecule has 0 radical (unpaired) electrons. The largest absolute Gasteiger partial charge is 0.547 e. The van der Waals surface area contributed by atoms with Gasteiger partial charge < -0.3 is 8.85 Å². The van der Waals surface area contributed by atoms with Crippen LogP contribution in [0.1, 0.15) is 85.8 Å². The smallest absolute Gasteiger partial charge is 0.250 e. The molecule has 2 atom stereocenters. The normalized spacial score (nSPS) is 21.4. The van der Waals surface area contributed by atoms with E-state index in [0.717, 1.165) is 12.2 Å². The minimum atomic E-state index is -2.22. The van der Waals surface area contributed by atoms with Crippen molar-refractivity contribution in [1.29, 1.82) is 0 Å². The molecule has 0 saturated heterocycles. The number of hydrogen-bond donors (Lipinski definition) is 0. The molecule has 2 unspecified atom stereocenters. The lowest BCUT2D eigenvalue weighted by Gasteiger charge is -2.51. The van der Waals surface area contributed by atoms with E-state index in [9.17, 15) is 0 Å². The summed E-state index contributed by atoms with van der Waals surface area (Å²) in [6.45, 7) is 26.0. The van der Waals surface area contributed by atoms with Crippen molar-refractivity contribution in [2.45, 2.75) is 115 Å². The third-order valence-corrected chi connectivity index (χ3v) is 19.5. The summed E-state index contributed by atoms with van der Waals surface area (Å²) in [6, 6.07) is 21.9. The van der Waals surface area contributed by atoms with E-state index < -0.39 is 22.2 Å². The fourth-order valence-corrected chi connectivity index (χ4v) is 12.9. The van der Waals surface area contributed by atoms with Gasteiger partial charge in [-0.1, -0.05) is 123 Å². The van der Waals surface area contributed by atoms with Gasteiger partial charge in [-0.05, 0) is 52.0 Å². The van der Waals surface area contributed by atoms with E-state index in [4.69, 9.17) is 8.85 Å². The van der Waals surface area contributed by atoms with Crippen molar-refractivity contribution < 1.29 is 8.85 Å². The molecule has 0 fully saturated rings. The van der Waals surface area contributed by atoms with Crippen molar-refractivity contribution in [3.05, 3.63) is 83.6 Å². The van der Waals surface area contributed by atoms with Crippen LogP contribution in [0.2, 0.25) is 34.8 Å². The standard InChI is InChI=1S/C32H50O2Si2/c1-24(2)36(25(3)4,26(5)6)34-32(28-20-16-13-17-21-28)23-29(33-35(10,11)31(7,8)9)22-30(32)27-18-14-12-15-19-27/h12-22,24-26,30H,23H2,1-11H3. The van der Waals surface area contributed by atoms with Crippen molar-refractivity contribution in [3.8, 4) is 0 Å². The van der Waals surface area contributed by atoms with E-state index in [1.54, 1.807) is 0 Å². The summed E-state index contributed by atoms with van der Waals surface area (Å²) >= 11 is 0. The van der Waals surface area contributed by atoms with Crippen molar-refractivity contribution in [2.75, 3.05) is 0 Å². The Bertz CT molecular complexity index is 997. The minimum Gasteiger partial charge on any atom is -0.547 e. The first-order valence-electron chi connectivity index (χ1n) is 13.9. The highest BCUT2D eigenvalue weighted by Gasteiger charge is 2.56. The van der Waals surface area contributed by atoms with E-state index in [-0.39, 0.29) is 11.0 Å². The molecule has 0 saturated carbocycles. The van der Waals surface area contributed by atoms with Crippen LogP contribution in [-0.4, -0.2) is 16.6 Å². The molecule has 0 bridgehead atoms. The SMILES string of the molecule is CC(C)[Si](OC1(c2ccccc2)CC(O[Si](C)(C)C(C)(C)C)=CC1c1ccccc1)(C(C)C)C(C)C. The lowest BCUT2D eigenvalue weighted by Crippen LogP contribution is -2.54. The molecule has 0 aromatic heterocycles. The second-order valence-corrected chi connectivity index (χ2v) is 23.3. The molecule has 2 nitrogen and oxygen atoms in total. The average Bonchev–Trinajstić information content (AvgIpc) is 3.15. The molecular formula is C32H50O2Si2. The van der Waals surface area contributed by atoms with Gasteiger partial charge in [0, 0.05) is 12.3 Å². The van der Waals surface area contributed by atoms with E-state index in [1.807, 2.05) is 0 Å². The van der Waals surface area contributed by atoms with Crippen LogP contribution in [-0.2, 0) is 14.5 Å². The molecule has 0 aliphatic heterocycles. The van der Waals surface area contributed by atoms with Gasteiger partial charge in [0.25, 0.3) is 0 Å². The van der Waals surface area contributed by atoms with Gasteiger partial charge in [0.1, 0.15) is 0 Å². The Morgan fingerprint density at radius 2 is 1.25 bits per heavy atom. The quantitative estimate of drug-likeness (QED) is 0.305. The average molecular weight is 523 g/mol. The fraction of sp³-hybridized carbons (Fsp3) is 0.562. The van der Waals surface area contributed by atoms with E-state index in [0.29, 0.717) is 16.6 Å². The topological polar surface area (TPSA) is 18.5 Å². The van der Waals surface area contributed by atoms with Crippen molar-refractivity contribution in [3.63, 3.8) is 0 Å². The summed E-state index contributed by atoms with van der Waals surface area (Å²) < 4.78 is 14.9. The van der Waals surface area contributed by atoms with Gasteiger partial charge in [-0.15, -0.1) is 0 Å². The van der Waals surface area contributed by atoms with Gasteiger partial charge in [0.05, 0.1) is 11.4 Å². The van der Waals surface area contributed by atoms with Gasteiger partial charge in [-0.25, -0.2) is 0 Å². The molecule has 2 aromatic carbocycles. The molecule has 4 heteroatoms. The highest BCUT2D eigenvalue weighted by Crippen LogP contribution is 2.57. The summed E-state index contributed by atoms with van der Waals surface area (Å²) in [5, 5.41) is 0.140. The molecule has 0 N–H and O–H groups in total. The molecule has 3 rings (SSSR count). The summed E-state index contributed by atoms with van der Waals surface area (Å²) in [6.07, 6.45) is 3.19. The molecule has 0 amide bonds. The van der Waals surface area contributed by atoms with Crippen molar-refractivity contribution in [1.82, 2.24) is 0 Å². The Labute approximate surface area is 223 Å². The maximum atomic E-state index is 7.88. The van der Waals surface area contributed by atoms with E-state index >= 15 is 0 Å². The first-order valence-corrected chi connectivity index (χ1v) is 18.9. The zero-order valence-electron chi connectivity index (χ0n) is 24.7. The lowest BCUT2D eigenvalue weighted by atomic mass is 9.79. The lowest BCUT2D eigenvalue weighted by molar-refractivity contribution is 0.0348. The maximum Gasteiger partial charge on any atom is 0.250 e. The van der Waals surface area contributed by atoms with Gasteiger partial charge in [-0.2, -0.15) is 0 Å². The summed E-state index contributed by atoms with van der Waals surface area (Å²) in [4.78, 5) is 0. The number of hydrogen-bond acceptors (Lipinski definition) is 2. The first kappa shape index (κ1) is 28.9. The zero-order chi connectivity index (χ0) is 26.9. The predicted octanol–water partition coefficient (Wildman–Crippen LogP) is 10.2. The minimum absolute atomic E-state index is 0.101. The van der Waals surface area contributed by atoms with Crippen LogP contribution in [0.5, 0.6) is 0 Å². The Morgan fingerprint density at radius 1 is 0.778 bits per heavy atom. The second-order valence-electron chi connectivity index (χ2n) is 13.2. The predicted molar refractivity (Wildman–Crippen MR) is 160 cm³/mol. The maximum absolute atomic E-state index is 7.88. The number of benzene rings is 2. The third kappa shape index (κ3) is 5.32. The van der Waals surface area contributed by atoms with Crippen LogP contribution in [0.3, 0.4) is 0 Å². The van der Waals surface area contributed by atoms with E-state index in [2.05, 4.69) is 142 Å². The Kier molecular flexibility index (Phi) is 8.54. The van der Waals surface area contributed by atoms with Crippen LogP contribution in [0, 0.1) is 0 Å². The summed E-state index contributed by atoms with van der Waals surface area (Å²) in [5.74, 6) is 1.21. The second kappa shape index (κ2) is 10.6. The summed E-state index contributed by atoms with van der Waals surface area (Å²) in [5.41, 5.74) is 3.59. The first-order chi connectivity index (χ1) is 16.7. The van der Waals surface area contributed by atoms with Crippen LogP contribution < -0.4 is 0 Å². The third-order valence-electron chi connectivity index (χ3n) is 8.97. The number of rotatable bonds is 9. The van der Waals surface area contributed by atoms with Crippen LogP contribution in [0.15, 0.2) is 72.5 Å². The highest BCUT2D eigenvalue weighted by atomic mass is 28.4. The van der Waals surface area contributed by atoms with Gasteiger partial charge in [0.15, 0.2) is 0 Å². The molecule has 198 valence electrons. The van der Waals surface area contributed by atoms with Gasteiger partial charge >= 0.3 is 0 Å². The van der Waals surface area contributed by atoms with Crippen molar-refractivity contribution in [2.24, 2.45) is 0 Å². The van der Waals surface area contributed by atoms with Crippen LogP contribution in [0.4, 0.5) is 0 Å². The Balaban J connectivity index is 2.26. The van der Waals surface area contributed by atoms with Gasteiger partial charge in [-0.3, -0.25) is 0 Å². The zero-order valence-corrected chi connectivity index (χ0v) is 26.7. The van der Waals surface area contributed by atoms with Gasteiger partial charge in [0.2, 0.25) is 16.6 Å². The molecule has 0 spiro atoms. The molecule has 0 heterocycles. The molecule has 2 aromatic rings. The summed E-state index contributed by atoms with van der Waals surface area (Å²) in [7, 11) is -4.23. The molecule has 36 heavy (non-hydrogen) atoms. The monoisotopic (exact) mass is 522 g/mol. The highest BCUT2D eigenvalue weighted by molar-refractivity contribution is 6.77. The molecule has 1 aliphatic rings.